The number of rotatable bonds is 3. The molecule has 0 aromatic carbocycles. The lowest BCUT2D eigenvalue weighted by Crippen LogP contribution is -2.40. The van der Waals surface area contributed by atoms with Crippen LogP contribution in [0.5, 0.6) is 0 Å². The fourth-order valence-electron chi connectivity index (χ4n) is 2.45. The Labute approximate surface area is 107 Å². The van der Waals surface area contributed by atoms with Gasteiger partial charge in [-0.2, -0.15) is 0 Å². The summed E-state index contributed by atoms with van der Waals surface area (Å²) >= 11 is 0. The predicted octanol–water partition coefficient (Wildman–Crippen LogP) is 0.865. The van der Waals surface area contributed by atoms with Crippen LogP contribution in [0.25, 0.3) is 0 Å². The molecule has 1 aliphatic rings. The lowest BCUT2D eigenvalue weighted by atomic mass is 9.94. The van der Waals surface area contributed by atoms with Gasteiger partial charge >= 0.3 is 0 Å². The van der Waals surface area contributed by atoms with E-state index in [0.717, 1.165) is 32.4 Å². The van der Waals surface area contributed by atoms with E-state index in [0.29, 0.717) is 24.0 Å². The Morgan fingerprint density at radius 2 is 2.33 bits per heavy atom. The largest absolute Gasteiger partial charge is 0.384 e. The van der Waals surface area contributed by atoms with E-state index in [9.17, 15) is 4.79 Å². The van der Waals surface area contributed by atoms with Crippen LogP contribution in [0.3, 0.4) is 0 Å². The Hall–Kier alpha value is -1.62. The Morgan fingerprint density at radius 3 is 3.06 bits per heavy atom. The van der Waals surface area contributed by atoms with Crippen LogP contribution in [-0.2, 0) is 0 Å². The first kappa shape index (κ1) is 12.8. The Bertz CT molecular complexity index is 419. The molecule has 0 saturated carbocycles. The molecular weight excluding hydrogens is 228 g/mol. The number of anilines is 1. The summed E-state index contributed by atoms with van der Waals surface area (Å²) in [7, 11) is 0. The van der Waals surface area contributed by atoms with E-state index in [1.165, 1.54) is 0 Å². The fraction of sp³-hybridized carbons (Fsp3) is 0.538. The average Bonchev–Trinajstić information content (AvgIpc) is 2.39. The van der Waals surface area contributed by atoms with Crippen molar-refractivity contribution in [3.05, 3.63) is 23.9 Å². The number of carbonyl (C=O) groups is 1. The van der Waals surface area contributed by atoms with Gasteiger partial charge in [-0.05, 0) is 43.9 Å². The summed E-state index contributed by atoms with van der Waals surface area (Å²) in [5.74, 6) is 0.883. The topological polar surface area (TPSA) is 85.2 Å². The molecule has 2 rings (SSSR count). The maximum absolute atomic E-state index is 12.3. The molecule has 1 aromatic heterocycles. The van der Waals surface area contributed by atoms with Crippen LogP contribution in [0.15, 0.2) is 18.2 Å². The molecule has 5 heteroatoms. The third-order valence-corrected chi connectivity index (χ3v) is 3.37. The molecule has 4 N–H and O–H groups in total. The molecule has 98 valence electrons. The molecule has 1 aliphatic heterocycles. The SMILES string of the molecule is NCC[C@H]1CCCN(C(=O)c2cccc(N)n2)C1. The number of nitrogens with two attached hydrogens (primary N) is 2. The summed E-state index contributed by atoms with van der Waals surface area (Å²) in [4.78, 5) is 18.2. The molecule has 0 aliphatic carbocycles. The maximum atomic E-state index is 12.3. The highest BCUT2D eigenvalue weighted by Gasteiger charge is 2.24. The van der Waals surface area contributed by atoms with Gasteiger partial charge in [-0.1, -0.05) is 6.07 Å². The summed E-state index contributed by atoms with van der Waals surface area (Å²) in [6, 6.07) is 5.16. The second-order valence-corrected chi connectivity index (χ2v) is 4.78. The molecule has 1 fully saturated rings. The van der Waals surface area contributed by atoms with Gasteiger partial charge in [-0.15, -0.1) is 0 Å². The van der Waals surface area contributed by atoms with Gasteiger partial charge in [0.1, 0.15) is 11.5 Å². The van der Waals surface area contributed by atoms with Gasteiger partial charge in [0.05, 0.1) is 0 Å². The smallest absolute Gasteiger partial charge is 0.272 e. The van der Waals surface area contributed by atoms with E-state index in [4.69, 9.17) is 11.5 Å². The van der Waals surface area contributed by atoms with Crippen molar-refractivity contribution in [1.82, 2.24) is 9.88 Å². The third kappa shape index (κ3) is 2.98. The van der Waals surface area contributed by atoms with Crippen molar-refractivity contribution in [3.63, 3.8) is 0 Å². The van der Waals surface area contributed by atoms with Gasteiger partial charge in [-0.3, -0.25) is 4.79 Å². The molecule has 5 nitrogen and oxygen atoms in total. The van der Waals surface area contributed by atoms with Crippen LogP contribution in [0.4, 0.5) is 5.82 Å². The third-order valence-electron chi connectivity index (χ3n) is 3.37. The van der Waals surface area contributed by atoms with Crippen molar-refractivity contribution < 1.29 is 4.79 Å². The number of carbonyl (C=O) groups excluding carboxylic acids is 1. The highest BCUT2D eigenvalue weighted by molar-refractivity contribution is 5.92. The van der Waals surface area contributed by atoms with Gasteiger partial charge in [0.25, 0.3) is 5.91 Å². The average molecular weight is 248 g/mol. The number of aromatic nitrogens is 1. The zero-order valence-corrected chi connectivity index (χ0v) is 10.5. The van der Waals surface area contributed by atoms with Crippen LogP contribution in [0.1, 0.15) is 29.8 Å². The summed E-state index contributed by atoms with van der Waals surface area (Å²) in [6.07, 6.45) is 3.18. The molecule has 0 unspecified atom stereocenters. The standard InChI is InChI=1S/C13H20N4O/c14-7-6-10-3-2-8-17(9-10)13(18)11-4-1-5-12(15)16-11/h1,4-5,10H,2-3,6-9,14H2,(H2,15,16)/t10-/m1/s1. The number of pyridine rings is 1. The second-order valence-electron chi connectivity index (χ2n) is 4.78. The number of piperidine rings is 1. The summed E-state index contributed by atoms with van der Waals surface area (Å²) in [5.41, 5.74) is 11.6. The highest BCUT2D eigenvalue weighted by atomic mass is 16.2. The van der Waals surface area contributed by atoms with E-state index in [1.54, 1.807) is 18.2 Å². The first-order valence-electron chi connectivity index (χ1n) is 6.42. The van der Waals surface area contributed by atoms with Crippen LogP contribution >= 0.6 is 0 Å². The van der Waals surface area contributed by atoms with Crippen molar-refractivity contribution in [1.29, 1.82) is 0 Å². The normalized spacial score (nSPS) is 19.8. The molecule has 0 radical (unpaired) electrons. The van der Waals surface area contributed by atoms with E-state index in [2.05, 4.69) is 4.98 Å². The van der Waals surface area contributed by atoms with Crippen LogP contribution in [0.2, 0.25) is 0 Å². The first-order valence-corrected chi connectivity index (χ1v) is 6.42. The number of nitrogens with zero attached hydrogens (tertiary/aromatic N) is 2. The van der Waals surface area contributed by atoms with Crippen molar-refractivity contribution in [2.75, 3.05) is 25.4 Å². The molecule has 1 amide bonds. The zero-order chi connectivity index (χ0) is 13.0. The summed E-state index contributed by atoms with van der Waals surface area (Å²) < 4.78 is 0. The van der Waals surface area contributed by atoms with Gasteiger partial charge in [-0.25, -0.2) is 4.98 Å². The lowest BCUT2D eigenvalue weighted by Gasteiger charge is -2.32. The van der Waals surface area contributed by atoms with Gasteiger partial charge in [0, 0.05) is 13.1 Å². The molecule has 0 bridgehead atoms. The van der Waals surface area contributed by atoms with Crippen molar-refractivity contribution >= 4 is 11.7 Å². The fourth-order valence-corrected chi connectivity index (χ4v) is 2.45. The summed E-state index contributed by atoms with van der Waals surface area (Å²) in [5, 5.41) is 0. The molecule has 1 aromatic rings. The Morgan fingerprint density at radius 1 is 1.50 bits per heavy atom. The summed E-state index contributed by atoms with van der Waals surface area (Å²) in [6.45, 7) is 2.27. The van der Waals surface area contributed by atoms with E-state index in [1.807, 2.05) is 4.90 Å². The van der Waals surface area contributed by atoms with Crippen molar-refractivity contribution in [2.24, 2.45) is 11.7 Å². The molecular formula is C13H20N4O. The van der Waals surface area contributed by atoms with E-state index >= 15 is 0 Å². The number of hydrogen-bond donors (Lipinski definition) is 2. The monoisotopic (exact) mass is 248 g/mol. The number of nitrogen functional groups attached to an aromatic ring is 1. The molecule has 1 atom stereocenters. The van der Waals surface area contributed by atoms with Gasteiger partial charge in [0.2, 0.25) is 0 Å². The van der Waals surface area contributed by atoms with Crippen LogP contribution in [0, 0.1) is 5.92 Å². The lowest BCUT2D eigenvalue weighted by molar-refractivity contribution is 0.0663. The van der Waals surface area contributed by atoms with Gasteiger partial charge in [0.15, 0.2) is 0 Å². The van der Waals surface area contributed by atoms with Crippen LogP contribution < -0.4 is 11.5 Å². The quantitative estimate of drug-likeness (QED) is 0.831. The molecule has 0 spiro atoms. The second kappa shape index (κ2) is 5.82. The highest BCUT2D eigenvalue weighted by Crippen LogP contribution is 2.20. The number of hydrogen-bond acceptors (Lipinski definition) is 4. The minimum Gasteiger partial charge on any atom is -0.384 e. The van der Waals surface area contributed by atoms with Gasteiger partial charge < -0.3 is 16.4 Å². The van der Waals surface area contributed by atoms with E-state index < -0.39 is 0 Å². The molecule has 1 saturated heterocycles. The molecule has 2 heterocycles. The number of amides is 1. The maximum Gasteiger partial charge on any atom is 0.272 e. The van der Waals surface area contributed by atoms with Crippen molar-refractivity contribution in [3.8, 4) is 0 Å². The van der Waals surface area contributed by atoms with Crippen molar-refractivity contribution in [2.45, 2.75) is 19.3 Å². The first-order chi connectivity index (χ1) is 8.70. The minimum atomic E-state index is -0.0241. The Balaban J connectivity index is 2.04. The molecule has 18 heavy (non-hydrogen) atoms. The van der Waals surface area contributed by atoms with E-state index in [-0.39, 0.29) is 5.91 Å². The predicted molar refractivity (Wildman–Crippen MR) is 70.9 cm³/mol. The van der Waals surface area contributed by atoms with Crippen LogP contribution in [-0.4, -0.2) is 35.4 Å². The number of likely N-dealkylation sites (tertiary alicyclic amines) is 1. The minimum absolute atomic E-state index is 0.0241. The Kier molecular flexibility index (Phi) is 4.15. The zero-order valence-electron chi connectivity index (χ0n) is 10.5.